The highest BCUT2D eigenvalue weighted by Gasteiger charge is 2.27. The number of rotatable bonds is 5. The van der Waals surface area contributed by atoms with Crippen molar-refractivity contribution in [1.82, 2.24) is 0 Å². The third kappa shape index (κ3) is 6.06. The highest BCUT2D eigenvalue weighted by Crippen LogP contribution is 2.19. The van der Waals surface area contributed by atoms with Crippen LogP contribution in [0.5, 0.6) is 0 Å². The molecule has 0 fully saturated rings. The minimum atomic E-state index is -1.02. The van der Waals surface area contributed by atoms with Gasteiger partial charge in [0, 0.05) is 5.02 Å². The topological polar surface area (TPSA) is 63.6 Å². The van der Waals surface area contributed by atoms with Crippen molar-refractivity contribution >= 4 is 23.5 Å². The summed E-state index contributed by atoms with van der Waals surface area (Å²) in [6.07, 6.45) is 0.0654. The molecule has 0 aliphatic rings. The van der Waals surface area contributed by atoms with Crippen LogP contribution in [0.25, 0.3) is 0 Å². The van der Waals surface area contributed by atoms with Crippen LogP contribution in [0.1, 0.15) is 32.8 Å². The lowest BCUT2D eigenvalue weighted by Gasteiger charge is -2.23. The van der Waals surface area contributed by atoms with Gasteiger partial charge in [-0.05, 0) is 44.9 Å². The summed E-state index contributed by atoms with van der Waals surface area (Å²) in [5.41, 5.74) is 0.222. The van der Waals surface area contributed by atoms with E-state index in [2.05, 4.69) is 0 Å². The molecule has 20 heavy (non-hydrogen) atoms. The van der Waals surface area contributed by atoms with E-state index >= 15 is 0 Å². The van der Waals surface area contributed by atoms with E-state index in [-0.39, 0.29) is 6.42 Å². The first-order valence-electron chi connectivity index (χ1n) is 6.36. The summed E-state index contributed by atoms with van der Waals surface area (Å²) in [6, 6.07) is 6.98. The SMILES string of the molecule is CC(C)(C)OC(=O)[C@H](CC(=O)O)Cc1ccc(Cl)cc1. The second-order valence-electron chi connectivity index (χ2n) is 5.66. The molecule has 1 rings (SSSR count). The molecule has 0 unspecified atom stereocenters. The van der Waals surface area contributed by atoms with Crippen molar-refractivity contribution in [2.75, 3.05) is 0 Å². The van der Waals surface area contributed by atoms with Crippen molar-refractivity contribution < 1.29 is 19.4 Å². The maximum Gasteiger partial charge on any atom is 0.310 e. The van der Waals surface area contributed by atoms with Crippen LogP contribution in [-0.2, 0) is 20.7 Å². The molecule has 0 amide bonds. The summed E-state index contributed by atoms with van der Waals surface area (Å²) in [7, 11) is 0. The van der Waals surface area contributed by atoms with E-state index in [4.69, 9.17) is 21.4 Å². The molecule has 0 aliphatic heterocycles. The van der Waals surface area contributed by atoms with Crippen molar-refractivity contribution in [3.05, 3.63) is 34.9 Å². The fourth-order valence-corrected chi connectivity index (χ4v) is 1.87. The van der Waals surface area contributed by atoms with Crippen molar-refractivity contribution in [2.24, 2.45) is 5.92 Å². The lowest BCUT2D eigenvalue weighted by molar-refractivity contribution is -0.162. The van der Waals surface area contributed by atoms with Gasteiger partial charge in [-0.1, -0.05) is 23.7 Å². The van der Waals surface area contributed by atoms with Gasteiger partial charge in [0.15, 0.2) is 0 Å². The van der Waals surface area contributed by atoms with Gasteiger partial charge in [-0.3, -0.25) is 9.59 Å². The average Bonchev–Trinajstić information content (AvgIpc) is 2.28. The van der Waals surface area contributed by atoms with Gasteiger partial charge in [-0.25, -0.2) is 0 Å². The van der Waals surface area contributed by atoms with Crippen LogP contribution in [0.3, 0.4) is 0 Å². The highest BCUT2D eigenvalue weighted by molar-refractivity contribution is 6.30. The number of carboxylic acid groups (broad SMARTS) is 1. The van der Waals surface area contributed by atoms with E-state index < -0.39 is 23.5 Å². The number of hydrogen-bond donors (Lipinski definition) is 1. The standard InChI is InChI=1S/C15H19ClO4/c1-15(2,3)20-14(19)11(9-13(17)18)8-10-4-6-12(16)7-5-10/h4-7,11H,8-9H2,1-3H3,(H,17,18)/t11-/m0/s1. The van der Waals surface area contributed by atoms with Crippen molar-refractivity contribution in [3.63, 3.8) is 0 Å². The Morgan fingerprint density at radius 3 is 2.25 bits per heavy atom. The Kier molecular flexibility index (Phi) is 5.57. The van der Waals surface area contributed by atoms with Gasteiger partial charge in [0.25, 0.3) is 0 Å². The number of esters is 1. The first-order valence-corrected chi connectivity index (χ1v) is 6.74. The van der Waals surface area contributed by atoms with Crippen LogP contribution in [-0.4, -0.2) is 22.6 Å². The van der Waals surface area contributed by atoms with Gasteiger partial charge in [0.2, 0.25) is 0 Å². The van der Waals surface area contributed by atoms with Crippen molar-refractivity contribution in [1.29, 1.82) is 0 Å². The fraction of sp³-hybridized carbons (Fsp3) is 0.467. The zero-order valence-electron chi connectivity index (χ0n) is 11.9. The molecule has 110 valence electrons. The molecule has 0 bridgehead atoms. The summed E-state index contributed by atoms with van der Waals surface area (Å²) < 4.78 is 5.27. The summed E-state index contributed by atoms with van der Waals surface area (Å²) in [6.45, 7) is 5.26. The summed E-state index contributed by atoms with van der Waals surface area (Å²) >= 11 is 5.80. The fourth-order valence-electron chi connectivity index (χ4n) is 1.74. The average molecular weight is 299 g/mol. The number of ether oxygens (including phenoxy) is 1. The third-order valence-electron chi connectivity index (χ3n) is 2.56. The van der Waals surface area contributed by atoms with Crippen molar-refractivity contribution in [2.45, 2.75) is 39.2 Å². The summed E-state index contributed by atoms with van der Waals surface area (Å²) in [5.74, 6) is -2.21. The predicted octanol–water partition coefficient (Wildman–Crippen LogP) is 3.32. The van der Waals surface area contributed by atoms with Gasteiger partial charge in [-0.2, -0.15) is 0 Å². The van der Waals surface area contributed by atoms with Gasteiger partial charge in [0.1, 0.15) is 5.60 Å². The maximum absolute atomic E-state index is 12.1. The van der Waals surface area contributed by atoms with Crippen LogP contribution in [0.15, 0.2) is 24.3 Å². The van der Waals surface area contributed by atoms with Crippen LogP contribution in [0.4, 0.5) is 0 Å². The molecule has 1 aromatic carbocycles. The van der Waals surface area contributed by atoms with E-state index in [1.165, 1.54) is 0 Å². The number of carbonyl (C=O) groups is 2. The molecule has 0 saturated carbocycles. The summed E-state index contributed by atoms with van der Waals surface area (Å²) in [5, 5.41) is 9.52. The number of halogens is 1. The van der Waals surface area contributed by atoms with Gasteiger partial charge < -0.3 is 9.84 Å². The van der Waals surface area contributed by atoms with Crippen LogP contribution >= 0.6 is 11.6 Å². The Bertz CT molecular complexity index is 474. The molecule has 0 saturated heterocycles. The van der Waals surface area contributed by atoms with Gasteiger partial charge in [0.05, 0.1) is 12.3 Å². The number of carboxylic acids is 1. The lowest BCUT2D eigenvalue weighted by atomic mass is 9.96. The molecular weight excluding hydrogens is 280 g/mol. The first kappa shape index (κ1) is 16.5. The second-order valence-corrected chi connectivity index (χ2v) is 6.10. The Labute approximate surface area is 123 Å². The number of benzene rings is 1. The molecule has 0 radical (unpaired) electrons. The monoisotopic (exact) mass is 298 g/mol. The van der Waals surface area contributed by atoms with E-state index in [1.54, 1.807) is 45.0 Å². The zero-order chi connectivity index (χ0) is 15.3. The second kappa shape index (κ2) is 6.75. The zero-order valence-corrected chi connectivity index (χ0v) is 12.6. The minimum absolute atomic E-state index is 0.252. The van der Waals surface area contributed by atoms with E-state index in [0.717, 1.165) is 5.56 Å². The number of carbonyl (C=O) groups excluding carboxylic acids is 1. The molecule has 1 aromatic rings. The molecule has 4 nitrogen and oxygen atoms in total. The Morgan fingerprint density at radius 2 is 1.80 bits per heavy atom. The molecule has 5 heteroatoms. The first-order chi connectivity index (χ1) is 9.17. The molecule has 0 spiro atoms. The molecule has 0 heterocycles. The quantitative estimate of drug-likeness (QED) is 0.847. The van der Waals surface area contributed by atoms with E-state index in [9.17, 15) is 9.59 Å². The molecular formula is C15H19ClO4. The largest absolute Gasteiger partial charge is 0.481 e. The van der Waals surface area contributed by atoms with Crippen LogP contribution in [0.2, 0.25) is 5.02 Å². The number of aliphatic carboxylic acids is 1. The smallest absolute Gasteiger partial charge is 0.310 e. The van der Waals surface area contributed by atoms with Crippen LogP contribution in [0, 0.1) is 5.92 Å². The van der Waals surface area contributed by atoms with Gasteiger partial charge in [-0.15, -0.1) is 0 Å². The Hall–Kier alpha value is -1.55. The molecule has 1 atom stereocenters. The number of hydrogen-bond acceptors (Lipinski definition) is 3. The minimum Gasteiger partial charge on any atom is -0.481 e. The summed E-state index contributed by atoms with van der Waals surface area (Å²) in [4.78, 5) is 22.9. The van der Waals surface area contributed by atoms with Crippen LogP contribution < -0.4 is 0 Å². The molecule has 0 aliphatic carbocycles. The molecule has 1 N–H and O–H groups in total. The highest BCUT2D eigenvalue weighted by atomic mass is 35.5. The normalized spacial score (nSPS) is 12.8. The Balaban J connectivity index is 2.81. The maximum atomic E-state index is 12.1. The lowest BCUT2D eigenvalue weighted by Crippen LogP contribution is -2.31. The predicted molar refractivity (Wildman–Crippen MR) is 76.7 cm³/mol. The Morgan fingerprint density at radius 1 is 1.25 bits per heavy atom. The molecule has 0 aromatic heterocycles. The van der Waals surface area contributed by atoms with E-state index in [0.29, 0.717) is 11.4 Å². The van der Waals surface area contributed by atoms with Gasteiger partial charge >= 0.3 is 11.9 Å². The third-order valence-corrected chi connectivity index (χ3v) is 2.81. The van der Waals surface area contributed by atoms with E-state index in [1.807, 2.05) is 0 Å². The van der Waals surface area contributed by atoms with Crippen molar-refractivity contribution in [3.8, 4) is 0 Å².